The van der Waals surface area contributed by atoms with E-state index < -0.39 is 42.1 Å². The fourth-order valence-corrected chi connectivity index (χ4v) is 2.37. The summed E-state index contributed by atoms with van der Waals surface area (Å²) in [7, 11) is 0. The Balaban J connectivity index is 2.32. The third kappa shape index (κ3) is 3.46. The maximum Gasteiger partial charge on any atom is 0.404 e. The number of benzene rings is 1. The second kappa shape index (κ2) is 5.92. The Labute approximate surface area is 119 Å². The van der Waals surface area contributed by atoms with Crippen molar-refractivity contribution in [1.82, 2.24) is 5.32 Å². The molecule has 0 aliphatic carbocycles. The number of aliphatic hydroxyl groups is 2. The van der Waals surface area contributed by atoms with Crippen LogP contribution >= 0.6 is 0 Å². The normalized spacial score (nSPS) is 29.1. The molecule has 1 aliphatic rings. The average molecular weight is 303 g/mol. The number of hydrogen-bond acceptors (Lipinski definition) is 4. The molecule has 1 amide bonds. The molecule has 116 valence electrons. The summed E-state index contributed by atoms with van der Waals surface area (Å²) < 4.78 is 32.3. The van der Waals surface area contributed by atoms with Crippen LogP contribution in [0, 0.1) is 11.6 Å². The van der Waals surface area contributed by atoms with Gasteiger partial charge in [-0.3, -0.25) is 0 Å². The average Bonchev–Trinajstić information content (AvgIpc) is 2.41. The van der Waals surface area contributed by atoms with E-state index in [0.717, 1.165) is 18.2 Å². The van der Waals surface area contributed by atoms with E-state index in [4.69, 9.17) is 14.9 Å². The molecule has 0 saturated carbocycles. The summed E-state index contributed by atoms with van der Waals surface area (Å²) in [5, 5.41) is 30.0. The molecule has 0 spiro atoms. The van der Waals surface area contributed by atoms with E-state index in [1.54, 1.807) is 0 Å². The second-order valence-corrected chi connectivity index (χ2v) is 5.04. The van der Waals surface area contributed by atoms with Crippen molar-refractivity contribution in [3.8, 4) is 0 Å². The molecule has 0 aromatic heterocycles. The van der Waals surface area contributed by atoms with E-state index in [0.29, 0.717) is 0 Å². The minimum atomic E-state index is -1.63. The van der Waals surface area contributed by atoms with Gasteiger partial charge in [0.05, 0.1) is 19.3 Å². The quantitative estimate of drug-likeness (QED) is 0.661. The van der Waals surface area contributed by atoms with Crippen molar-refractivity contribution in [2.75, 3.05) is 13.2 Å². The van der Waals surface area contributed by atoms with Crippen molar-refractivity contribution in [3.63, 3.8) is 0 Å². The van der Waals surface area contributed by atoms with Gasteiger partial charge in [-0.15, -0.1) is 0 Å². The molecule has 1 heterocycles. The second-order valence-electron chi connectivity index (χ2n) is 5.04. The number of halogens is 2. The smallest absolute Gasteiger partial charge is 0.404 e. The highest BCUT2D eigenvalue weighted by Gasteiger charge is 2.42. The summed E-state index contributed by atoms with van der Waals surface area (Å²) in [5.41, 5.74) is -1.78. The van der Waals surface area contributed by atoms with Crippen LogP contribution in [0.25, 0.3) is 0 Å². The number of rotatable bonds is 3. The third-order valence-corrected chi connectivity index (χ3v) is 3.36. The highest BCUT2D eigenvalue weighted by atomic mass is 19.1. The number of nitrogens with one attached hydrogen (secondary N) is 1. The molecule has 4 N–H and O–H groups in total. The maximum absolute atomic E-state index is 13.8. The van der Waals surface area contributed by atoms with Crippen LogP contribution in [-0.2, 0) is 4.74 Å². The maximum atomic E-state index is 13.8. The molecule has 8 heteroatoms. The Morgan fingerprint density at radius 3 is 2.81 bits per heavy atom. The molecule has 1 fully saturated rings. The Morgan fingerprint density at radius 2 is 2.19 bits per heavy atom. The van der Waals surface area contributed by atoms with Gasteiger partial charge in [-0.25, -0.2) is 13.6 Å². The van der Waals surface area contributed by atoms with Crippen LogP contribution in [0.2, 0.25) is 0 Å². The molecule has 6 nitrogen and oxygen atoms in total. The summed E-state index contributed by atoms with van der Waals surface area (Å²) in [6.07, 6.45) is -2.67. The van der Waals surface area contributed by atoms with Gasteiger partial charge in [0.25, 0.3) is 0 Å². The molecule has 21 heavy (non-hydrogen) atoms. The summed E-state index contributed by atoms with van der Waals surface area (Å²) in [5.74, 6) is -1.43. The Kier molecular flexibility index (Phi) is 4.40. The molecule has 1 saturated heterocycles. The lowest BCUT2D eigenvalue weighted by Gasteiger charge is -2.40. The van der Waals surface area contributed by atoms with Crippen LogP contribution in [0.5, 0.6) is 0 Å². The minimum absolute atomic E-state index is 0.145. The van der Waals surface area contributed by atoms with Crippen LogP contribution in [-0.4, -0.2) is 46.3 Å². The zero-order chi connectivity index (χ0) is 15.6. The van der Waals surface area contributed by atoms with Crippen molar-refractivity contribution in [2.45, 2.75) is 24.2 Å². The van der Waals surface area contributed by atoms with Crippen LogP contribution < -0.4 is 5.32 Å². The number of ether oxygens (including phenoxy) is 1. The lowest BCUT2D eigenvalue weighted by Crippen LogP contribution is -2.54. The van der Waals surface area contributed by atoms with Crippen molar-refractivity contribution in [3.05, 3.63) is 35.4 Å². The fourth-order valence-electron chi connectivity index (χ4n) is 2.37. The third-order valence-electron chi connectivity index (χ3n) is 3.36. The lowest BCUT2D eigenvalue weighted by molar-refractivity contribution is -0.152. The van der Waals surface area contributed by atoms with Crippen LogP contribution in [0.1, 0.15) is 18.1 Å². The molecule has 1 aliphatic heterocycles. The van der Waals surface area contributed by atoms with Crippen LogP contribution in [0.15, 0.2) is 18.2 Å². The summed E-state index contributed by atoms with van der Waals surface area (Å²) in [6, 6.07) is 1.74. The van der Waals surface area contributed by atoms with E-state index in [1.165, 1.54) is 0 Å². The highest BCUT2D eigenvalue weighted by molar-refractivity contribution is 5.65. The summed E-state index contributed by atoms with van der Waals surface area (Å²) >= 11 is 0. The molecule has 2 rings (SSSR count). The number of carbonyl (C=O) groups is 1. The zero-order valence-corrected chi connectivity index (χ0v) is 10.9. The number of hydrogen-bond donors (Lipinski definition) is 4. The Bertz CT molecular complexity index is 541. The SMILES string of the molecule is O=C(O)N[C@H]1CC(O)(CO)CO[C@@H]1c1cc(F)ccc1F. The van der Waals surface area contributed by atoms with Crippen molar-refractivity contribution < 1.29 is 33.6 Å². The molecule has 3 atom stereocenters. The van der Waals surface area contributed by atoms with Gasteiger partial charge in [-0.1, -0.05) is 0 Å². The standard InChI is InChI=1S/C13H15F2NO5/c14-7-1-2-9(15)8(3-7)11-10(16-12(18)19)4-13(20,5-17)6-21-11/h1-3,10-11,16-17,20H,4-6H2,(H,18,19)/t10-,11+,13?/m0/s1. The minimum Gasteiger partial charge on any atom is -0.465 e. The first-order chi connectivity index (χ1) is 9.84. The van der Waals surface area contributed by atoms with Crippen LogP contribution in [0.4, 0.5) is 13.6 Å². The first kappa shape index (κ1) is 15.6. The number of carboxylic acid groups (broad SMARTS) is 1. The van der Waals surface area contributed by atoms with Gasteiger partial charge in [0, 0.05) is 12.0 Å². The lowest BCUT2D eigenvalue weighted by atomic mass is 9.87. The summed E-state index contributed by atoms with van der Waals surface area (Å²) in [4.78, 5) is 10.8. The molecule has 0 bridgehead atoms. The fraction of sp³-hybridized carbons (Fsp3) is 0.462. The van der Waals surface area contributed by atoms with E-state index in [2.05, 4.69) is 5.32 Å². The largest absolute Gasteiger partial charge is 0.465 e. The van der Waals surface area contributed by atoms with E-state index in [1.807, 2.05) is 0 Å². The topological polar surface area (TPSA) is 99.0 Å². The Hall–Kier alpha value is -1.77. The first-order valence-corrected chi connectivity index (χ1v) is 6.24. The molecule has 1 unspecified atom stereocenters. The van der Waals surface area contributed by atoms with Gasteiger partial charge >= 0.3 is 6.09 Å². The molecule has 0 radical (unpaired) electrons. The molecule has 1 aromatic carbocycles. The predicted octanol–water partition coefficient (Wildman–Crippen LogP) is 0.786. The molecular weight excluding hydrogens is 288 g/mol. The van der Waals surface area contributed by atoms with E-state index in [9.17, 15) is 18.7 Å². The summed E-state index contributed by atoms with van der Waals surface area (Å²) in [6.45, 7) is -0.953. The Morgan fingerprint density at radius 1 is 1.48 bits per heavy atom. The van der Waals surface area contributed by atoms with Gasteiger partial charge < -0.3 is 25.4 Å². The van der Waals surface area contributed by atoms with Crippen molar-refractivity contribution >= 4 is 6.09 Å². The van der Waals surface area contributed by atoms with Gasteiger partial charge in [0.2, 0.25) is 0 Å². The van der Waals surface area contributed by atoms with Gasteiger partial charge in [0.1, 0.15) is 23.3 Å². The van der Waals surface area contributed by atoms with Gasteiger partial charge in [0.15, 0.2) is 0 Å². The zero-order valence-electron chi connectivity index (χ0n) is 10.9. The van der Waals surface area contributed by atoms with Gasteiger partial charge in [-0.2, -0.15) is 0 Å². The molecular formula is C13H15F2NO5. The van der Waals surface area contributed by atoms with Crippen molar-refractivity contribution in [2.24, 2.45) is 0 Å². The van der Waals surface area contributed by atoms with E-state index >= 15 is 0 Å². The van der Waals surface area contributed by atoms with Crippen LogP contribution in [0.3, 0.4) is 0 Å². The molecule has 1 aromatic rings. The number of aliphatic hydroxyl groups excluding tert-OH is 1. The monoisotopic (exact) mass is 303 g/mol. The number of amides is 1. The van der Waals surface area contributed by atoms with Crippen molar-refractivity contribution in [1.29, 1.82) is 0 Å². The predicted molar refractivity (Wildman–Crippen MR) is 66.7 cm³/mol. The van der Waals surface area contributed by atoms with Gasteiger partial charge in [-0.05, 0) is 18.2 Å². The van der Waals surface area contributed by atoms with E-state index in [-0.39, 0.29) is 18.6 Å². The first-order valence-electron chi connectivity index (χ1n) is 6.24. The highest BCUT2D eigenvalue weighted by Crippen LogP contribution is 2.34.